The van der Waals surface area contributed by atoms with Crippen molar-refractivity contribution in [1.82, 2.24) is 19.0 Å². The molecule has 1 saturated heterocycles. The van der Waals surface area contributed by atoms with Gasteiger partial charge in [-0.05, 0) is 37.8 Å². The molecule has 8 nitrogen and oxygen atoms in total. The predicted molar refractivity (Wildman–Crippen MR) is 114 cm³/mol. The highest BCUT2D eigenvalue weighted by atomic mass is 16.5. The zero-order valence-corrected chi connectivity index (χ0v) is 17.8. The SMILES string of the molecule is COCCn1c(=O)n(C)c(=O)c2ccc(C3CCN(C(=O)C4CCCC4)CC3)nc21. The van der Waals surface area contributed by atoms with Crippen LogP contribution in [0.1, 0.15) is 50.1 Å². The monoisotopic (exact) mass is 414 g/mol. The van der Waals surface area contributed by atoms with E-state index >= 15 is 0 Å². The highest BCUT2D eigenvalue weighted by Crippen LogP contribution is 2.31. The maximum Gasteiger partial charge on any atom is 0.332 e. The lowest BCUT2D eigenvalue weighted by Gasteiger charge is -2.33. The Balaban J connectivity index is 1.58. The van der Waals surface area contributed by atoms with Gasteiger partial charge in [0.2, 0.25) is 5.91 Å². The molecule has 1 aliphatic heterocycles. The summed E-state index contributed by atoms with van der Waals surface area (Å²) >= 11 is 0. The van der Waals surface area contributed by atoms with E-state index in [1.165, 1.54) is 11.6 Å². The van der Waals surface area contributed by atoms with Gasteiger partial charge >= 0.3 is 5.69 Å². The first kappa shape index (κ1) is 20.8. The lowest BCUT2D eigenvalue weighted by atomic mass is 9.92. The van der Waals surface area contributed by atoms with Gasteiger partial charge in [-0.2, -0.15) is 0 Å². The maximum absolute atomic E-state index is 12.7. The summed E-state index contributed by atoms with van der Waals surface area (Å²) in [6, 6.07) is 3.67. The first-order valence-corrected chi connectivity index (χ1v) is 10.9. The fourth-order valence-electron chi connectivity index (χ4n) is 4.81. The molecular formula is C22H30N4O4. The maximum atomic E-state index is 12.7. The zero-order valence-electron chi connectivity index (χ0n) is 17.8. The first-order valence-electron chi connectivity index (χ1n) is 10.9. The van der Waals surface area contributed by atoms with Crippen LogP contribution in [0, 0.1) is 5.92 Å². The number of carbonyl (C=O) groups excluding carboxylic acids is 1. The quantitative estimate of drug-likeness (QED) is 0.742. The molecule has 0 atom stereocenters. The Labute approximate surface area is 175 Å². The third-order valence-corrected chi connectivity index (χ3v) is 6.65. The Morgan fingerprint density at radius 3 is 2.50 bits per heavy atom. The van der Waals surface area contributed by atoms with Crippen molar-refractivity contribution in [2.75, 3.05) is 26.8 Å². The van der Waals surface area contributed by atoms with Gasteiger partial charge in [-0.15, -0.1) is 0 Å². The molecule has 1 amide bonds. The molecule has 0 aromatic carbocycles. The second-order valence-corrected chi connectivity index (χ2v) is 8.48. The van der Waals surface area contributed by atoms with Crippen molar-refractivity contribution < 1.29 is 9.53 Å². The average Bonchev–Trinajstić information content (AvgIpc) is 3.32. The summed E-state index contributed by atoms with van der Waals surface area (Å²) in [6.45, 7) is 2.19. The molecule has 162 valence electrons. The second kappa shape index (κ2) is 8.71. The third-order valence-electron chi connectivity index (χ3n) is 6.65. The number of fused-ring (bicyclic) bond motifs is 1. The number of methoxy groups -OCH3 is 1. The van der Waals surface area contributed by atoms with Gasteiger partial charge in [0.1, 0.15) is 5.65 Å². The molecule has 2 aliphatic rings. The molecule has 30 heavy (non-hydrogen) atoms. The number of piperidine rings is 1. The van der Waals surface area contributed by atoms with Crippen molar-refractivity contribution in [3.8, 4) is 0 Å². The van der Waals surface area contributed by atoms with E-state index in [1.807, 2.05) is 11.0 Å². The lowest BCUT2D eigenvalue weighted by molar-refractivity contribution is -0.136. The first-order chi connectivity index (χ1) is 14.5. The molecule has 0 N–H and O–H groups in total. The second-order valence-electron chi connectivity index (χ2n) is 8.48. The standard InChI is InChI=1S/C22H30N4O4/c1-24-21(28)17-7-8-18(23-19(17)26(22(24)29)13-14-30-2)15-9-11-25(12-10-15)20(27)16-5-3-4-6-16/h7-8,15-16H,3-6,9-14H2,1-2H3. The summed E-state index contributed by atoms with van der Waals surface area (Å²) in [5.41, 5.74) is 0.585. The number of hydrogen-bond acceptors (Lipinski definition) is 5. The normalized spacial score (nSPS) is 18.4. The van der Waals surface area contributed by atoms with Crippen molar-refractivity contribution in [3.05, 3.63) is 38.7 Å². The topological polar surface area (TPSA) is 86.4 Å². The number of aromatic nitrogens is 3. The van der Waals surface area contributed by atoms with E-state index in [4.69, 9.17) is 9.72 Å². The number of hydrogen-bond donors (Lipinski definition) is 0. The fourth-order valence-corrected chi connectivity index (χ4v) is 4.81. The van der Waals surface area contributed by atoms with Crippen LogP contribution >= 0.6 is 0 Å². The number of rotatable bonds is 5. The molecular weight excluding hydrogens is 384 g/mol. The Hall–Kier alpha value is -2.48. The molecule has 1 saturated carbocycles. The van der Waals surface area contributed by atoms with Gasteiger partial charge in [0, 0.05) is 44.8 Å². The molecule has 0 radical (unpaired) electrons. The van der Waals surface area contributed by atoms with Crippen molar-refractivity contribution in [3.63, 3.8) is 0 Å². The van der Waals surface area contributed by atoms with E-state index in [9.17, 15) is 14.4 Å². The Kier molecular flexibility index (Phi) is 6.04. The van der Waals surface area contributed by atoms with Gasteiger partial charge in [0.05, 0.1) is 18.5 Å². The van der Waals surface area contributed by atoms with E-state index in [0.29, 0.717) is 30.1 Å². The van der Waals surface area contributed by atoms with E-state index < -0.39 is 0 Å². The minimum atomic E-state index is -0.383. The summed E-state index contributed by atoms with van der Waals surface area (Å²) in [7, 11) is 3.06. The number of ether oxygens (including phenoxy) is 1. The van der Waals surface area contributed by atoms with Crippen LogP contribution in [0.4, 0.5) is 0 Å². The highest BCUT2D eigenvalue weighted by molar-refractivity contribution is 5.79. The molecule has 3 heterocycles. The van der Waals surface area contributed by atoms with Gasteiger partial charge in [-0.3, -0.25) is 18.7 Å². The Bertz CT molecular complexity index is 1040. The van der Waals surface area contributed by atoms with E-state index in [-0.39, 0.29) is 23.1 Å². The smallest absolute Gasteiger partial charge is 0.332 e. The Morgan fingerprint density at radius 1 is 1.13 bits per heavy atom. The summed E-state index contributed by atoms with van der Waals surface area (Å²) < 4.78 is 7.76. The molecule has 2 aromatic heterocycles. The molecule has 0 spiro atoms. The predicted octanol–water partition coefficient (Wildman–Crippen LogP) is 1.64. The summed E-state index contributed by atoms with van der Waals surface area (Å²) in [6.07, 6.45) is 6.09. The van der Waals surface area contributed by atoms with Gasteiger partial charge in [-0.1, -0.05) is 12.8 Å². The van der Waals surface area contributed by atoms with Gasteiger partial charge in [0.15, 0.2) is 0 Å². The van der Waals surface area contributed by atoms with Crippen LogP contribution < -0.4 is 11.2 Å². The molecule has 1 aliphatic carbocycles. The summed E-state index contributed by atoms with van der Waals surface area (Å²) in [5.74, 6) is 0.748. The van der Waals surface area contributed by atoms with Crippen LogP contribution in [-0.2, 0) is 23.1 Å². The number of amides is 1. The fraction of sp³-hybridized carbons (Fsp3) is 0.636. The van der Waals surface area contributed by atoms with Crippen LogP contribution in [0.3, 0.4) is 0 Å². The molecule has 4 rings (SSSR count). The van der Waals surface area contributed by atoms with Crippen molar-refractivity contribution in [2.24, 2.45) is 13.0 Å². The summed E-state index contributed by atoms with van der Waals surface area (Å²) in [4.78, 5) is 44.6. The minimum Gasteiger partial charge on any atom is -0.383 e. The van der Waals surface area contributed by atoms with E-state index in [2.05, 4.69) is 0 Å². The third kappa shape index (κ3) is 3.80. The Morgan fingerprint density at radius 2 is 1.83 bits per heavy atom. The highest BCUT2D eigenvalue weighted by Gasteiger charge is 2.31. The van der Waals surface area contributed by atoms with Crippen molar-refractivity contribution in [2.45, 2.75) is 51.0 Å². The minimum absolute atomic E-state index is 0.215. The lowest BCUT2D eigenvalue weighted by Crippen LogP contribution is -2.41. The van der Waals surface area contributed by atoms with Crippen molar-refractivity contribution >= 4 is 16.9 Å². The van der Waals surface area contributed by atoms with Crippen LogP contribution in [0.5, 0.6) is 0 Å². The zero-order chi connectivity index (χ0) is 21.3. The van der Waals surface area contributed by atoms with E-state index in [1.54, 1.807) is 13.2 Å². The number of likely N-dealkylation sites (tertiary alicyclic amines) is 1. The number of carbonyl (C=O) groups is 1. The summed E-state index contributed by atoms with van der Waals surface area (Å²) in [5, 5.41) is 0.436. The molecule has 2 aromatic rings. The molecule has 0 unspecified atom stereocenters. The number of nitrogens with zero attached hydrogens (tertiary/aromatic N) is 4. The van der Waals surface area contributed by atoms with E-state index in [0.717, 1.165) is 61.9 Å². The molecule has 8 heteroatoms. The van der Waals surface area contributed by atoms with Gasteiger partial charge < -0.3 is 9.64 Å². The van der Waals surface area contributed by atoms with Gasteiger partial charge in [0.25, 0.3) is 5.56 Å². The van der Waals surface area contributed by atoms with Crippen LogP contribution in [0.15, 0.2) is 21.7 Å². The molecule has 2 fully saturated rings. The largest absolute Gasteiger partial charge is 0.383 e. The van der Waals surface area contributed by atoms with Crippen molar-refractivity contribution in [1.29, 1.82) is 0 Å². The number of pyridine rings is 1. The van der Waals surface area contributed by atoms with Gasteiger partial charge in [-0.25, -0.2) is 9.78 Å². The van der Waals surface area contributed by atoms with Crippen LogP contribution in [0.2, 0.25) is 0 Å². The average molecular weight is 415 g/mol. The molecule has 0 bridgehead atoms. The van der Waals surface area contributed by atoms with Crippen LogP contribution in [0.25, 0.3) is 11.0 Å². The van der Waals surface area contributed by atoms with Crippen LogP contribution in [-0.4, -0.2) is 51.7 Å².